The molecule has 0 aliphatic carbocycles. The summed E-state index contributed by atoms with van der Waals surface area (Å²) in [7, 11) is 0. The van der Waals surface area contributed by atoms with Gasteiger partial charge in [0, 0.05) is 10.6 Å². The van der Waals surface area contributed by atoms with Gasteiger partial charge in [-0.05, 0) is 80.7 Å². The zero-order chi connectivity index (χ0) is 20.5. The lowest BCUT2D eigenvalue weighted by Crippen LogP contribution is -2.40. The summed E-state index contributed by atoms with van der Waals surface area (Å²) in [6, 6.07) is 8.05. The standard InChI is InChI=1S/C21H21ClFNO4.ClH/c1-21(28,13-6-8-24-9-7-13)14-10-16(20(26)27)18(17(23)11-14)19(25)12-2-4-15(22)5-3-12;/h2-5,10-11,13,24,28H,6-9H2,1H3,(H,26,27);1H. The van der Waals surface area contributed by atoms with E-state index in [1.807, 2.05) is 0 Å². The van der Waals surface area contributed by atoms with Crippen LogP contribution < -0.4 is 5.32 Å². The first-order valence-electron chi connectivity index (χ1n) is 9.02. The predicted molar refractivity (Wildman–Crippen MR) is 111 cm³/mol. The zero-order valence-corrected chi connectivity index (χ0v) is 17.3. The maximum Gasteiger partial charge on any atom is 0.336 e. The first-order valence-corrected chi connectivity index (χ1v) is 9.40. The van der Waals surface area contributed by atoms with Gasteiger partial charge in [-0.1, -0.05) is 11.6 Å². The molecule has 1 fully saturated rings. The van der Waals surface area contributed by atoms with Crippen molar-refractivity contribution in [3.8, 4) is 0 Å². The molecule has 1 atom stereocenters. The third kappa shape index (κ3) is 4.78. The minimum Gasteiger partial charge on any atom is -0.478 e. The van der Waals surface area contributed by atoms with E-state index in [0.717, 1.165) is 19.2 Å². The Balaban J connectivity index is 0.00000300. The number of hydrogen-bond donors (Lipinski definition) is 3. The van der Waals surface area contributed by atoms with E-state index >= 15 is 0 Å². The van der Waals surface area contributed by atoms with Crippen molar-refractivity contribution in [2.24, 2.45) is 5.92 Å². The molecule has 0 radical (unpaired) electrons. The van der Waals surface area contributed by atoms with Gasteiger partial charge < -0.3 is 15.5 Å². The molecule has 156 valence electrons. The van der Waals surface area contributed by atoms with Gasteiger partial charge in [-0.2, -0.15) is 0 Å². The summed E-state index contributed by atoms with van der Waals surface area (Å²) >= 11 is 5.81. The molecule has 0 aromatic heterocycles. The molecule has 0 bridgehead atoms. The molecule has 1 heterocycles. The molecule has 1 aliphatic heterocycles. The Morgan fingerprint density at radius 1 is 1.17 bits per heavy atom. The lowest BCUT2D eigenvalue weighted by molar-refractivity contribution is -0.0189. The fourth-order valence-electron chi connectivity index (χ4n) is 3.66. The molecule has 5 nitrogen and oxygen atoms in total. The molecule has 1 aliphatic rings. The van der Waals surface area contributed by atoms with Gasteiger partial charge in [-0.15, -0.1) is 12.4 Å². The second kappa shape index (κ2) is 9.22. The van der Waals surface area contributed by atoms with Crippen LogP contribution in [0.2, 0.25) is 5.02 Å². The minimum absolute atomic E-state index is 0. The number of ketones is 1. The first-order chi connectivity index (χ1) is 13.2. The zero-order valence-electron chi connectivity index (χ0n) is 15.7. The van der Waals surface area contributed by atoms with Crippen LogP contribution in [0, 0.1) is 11.7 Å². The quantitative estimate of drug-likeness (QED) is 0.609. The minimum atomic E-state index is -1.43. The fourth-order valence-corrected chi connectivity index (χ4v) is 3.79. The number of halogens is 3. The Kier molecular flexibility index (Phi) is 7.40. The number of nitrogens with one attached hydrogen (secondary N) is 1. The second-order valence-corrected chi connectivity index (χ2v) is 7.63. The van der Waals surface area contributed by atoms with Crippen LogP contribution >= 0.6 is 24.0 Å². The van der Waals surface area contributed by atoms with E-state index in [2.05, 4.69) is 5.32 Å². The van der Waals surface area contributed by atoms with Gasteiger partial charge in [0.2, 0.25) is 0 Å². The van der Waals surface area contributed by atoms with Gasteiger partial charge in [0.15, 0.2) is 5.78 Å². The van der Waals surface area contributed by atoms with Crippen molar-refractivity contribution in [3.05, 3.63) is 69.5 Å². The summed E-state index contributed by atoms with van der Waals surface area (Å²) in [4.78, 5) is 24.5. The lowest BCUT2D eigenvalue weighted by Gasteiger charge is -2.36. The molecule has 3 rings (SSSR count). The van der Waals surface area contributed by atoms with E-state index in [1.165, 1.54) is 30.3 Å². The maximum absolute atomic E-state index is 15.0. The SMILES string of the molecule is CC(O)(c1cc(F)c(C(=O)c2ccc(Cl)cc2)c(C(=O)O)c1)C1CCNCC1.Cl. The number of rotatable bonds is 5. The summed E-state index contributed by atoms with van der Waals surface area (Å²) in [5.74, 6) is -3.30. The second-order valence-electron chi connectivity index (χ2n) is 7.19. The molecule has 2 aromatic rings. The van der Waals surface area contributed by atoms with Crippen molar-refractivity contribution >= 4 is 35.8 Å². The van der Waals surface area contributed by atoms with Crippen LogP contribution in [-0.2, 0) is 5.60 Å². The summed E-state index contributed by atoms with van der Waals surface area (Å²) in [5, 5.41) is 24.2. The number of aromatic carboxylic acids is 1. The number of carbonyl (C=O) groups excluding carboxylic acids is 1. The number of aliphatic hydroxyl groups is 1. The van der Waals surface area contributed by atoms with E-state index in [4.69, 9.17) is 11.6 Å². The molecule has 2 aromatic carbocycles. The van der Waals surface area contributed by atoms with Gasteiger partial charge in [0.05, 0.1) is 16.7 Å². The van der Waals surface area contributed by atoms with Crippen molar-refractivity contribution in [2.75, 3.05) is 13.1 Å². The topological polar surface area (TPSA) is 86.6 Å². The van der Waals surface area contributed by atoms with Crippen LogP contribution in [0.15, 0.2) is 36.4 Å². The number of carbonyl (C=O) groups is 2. The predicted octanol–water partition coefficient (Wildman–Crippen LogP) is 4.04. The smallest absolute Gasteiger partial charge is 0.336 e. The van der Waals surface area contributed by atoms with Crippen molar-refractivity contribution < 1.29 is 24.2 Å². The van der Waals surface area contributed by atoms with Crippen molar-refractivity contribution in [2.45, 2.75) is 25.4 Å². The van der Waals surface area contributed by atoms with E-state index in [0.29, 0.717) is 17.9 Å². The van der Waals surface area contributed by atoms with Crippen LogP contribution in [-0.4, -0.2) is 35.1 Å². The molecule has 0 saturated carbocycles. The summed E-state index contributed by atoms with van der Waals surface area (Å²) in [6.07, 6.45) is 1.37. The van der Waals surface area contributed by atoms with Crippen LogP contribution in [0.1, 0.15) is 51.6 Å². The van der Waals surface area contributed by atoms with Gasteiger partial charge in [0.25, 0.3) is 0 Å². The van der Waals surface area contributed by atoms with Gasteiger partial charge in [0.1, 0.15) is 5.82 Å². The molecular weight excluding hydrogens is 420 g/mol. The van der Waals surface area contributed by atoms with Gasteiger partial charge in [-0.25, -0.2) is 9.18 Å². The number of hydrogen-bond acceptors (Lipinski definition) is 4. The van der Waals surface area contributed by atoms with Gasteiger partial charge >= 0.3 is 5.97 Å². The number of benzene rings is 2. The Hall–Kier alpha value is -1.99. The van der Waals surface area contributed by atoms with Crippen LogP contribution in [0.25, 0.3) is 0 Å². The van der Waals surface area contributed by atoms with Gasteiger partial charge in [-0.3, -0.25) is 4.79 Å². The third-order valence-electron chi connectivity index (χ3n) is 5.37. The average molecular weight is 442 g/mol. The molecule has 1 saturated heterocycles. The van der Waals surface area contributed by atoms with E-state index in [1.54, 1.807) is 6.92 Å². The highest BCUT2D eigenvalue weighted by atomic mass is 35.5. The van der Waals surface area contributed by atoms with Crippen LogP contribution in [0.5, 0.6) is 0 Å². The molecule has 1 unspecified atom stereocenters. The van der Waals surface area contributed by atoms with E-state index in [-0.39, 0.29) is 29.5 Å². The summed E-state index contributed by atoms with van der Waals surface area (Å²) in [5.41, 5.74) is -2.12. The first kappa shape index (κ1) is 23.3. The molecular formula is C21H22Cl2FNO4. The third-order valence-corrected chi connectivity index (χ3v) is 5.62. The highest BCUT2D eigenvalue weighted by molar-refractivity contribution is 6.30. The maximum atomic E-state index is 15.0. The van der Waals surface area contributed by atoms with Crippen molar-refractivity contribution in [1.29, 1.82) is 0 Å². The number of piperidine rings is 1. The Morgan fingerprint density at radius 2 is 1.76 bits per heavy atom. The molecule has 0 amide bonds. The van der Waals surface area contributed by atoms with E-state index in [9.17, 15) is 24.2 Å². The molecule has 3 N–H and O–H groups in total. The lowest BCUT2D eigenvalue weighted by atomic mass is 9.76. The molecule has 0 spiro atoms. The average Bonchev–Trinajstić information content (AvgIpc) is 2.68. The monoisotopic (exact) mass is 441 g/mol. The van der Waals surface area contributed by atoms with Crippen molar-refractivity contribution in [3.63, 3.8) is 0 Å². The van der Waals surface area contributed by atoms with Crippen LogP contribution in [0.4, 0.5) is 4.39 Å². The highest BCUT2D eigenvalue weighted by Crippen LogP contribution is 2.36. The molecule has 29 heavy (non-hydrogen) atoms. The Labute approximate surface area is 179 Å². The number of carboxylic acids is 1. The summed E-state index contributed by atoms with van der Waals surface area (Å²) in [6.45, 7) is 3.01. The normalized spacial score (nSPS) is 16.6. The number of carboxylic acid groups (broad SMARTS) is 1. The molecule has 8 heteroatoms. The fraction of sp³-hybridized carbons (Fsp3) is 0.333. The summed E-state index contributed by atoms with van der Waals surface area (Å²) < 4.78 is 15.0. The largest absolute Gasteiger partial charge is 0.478 e. The van der Waals surface area contributed by atoms with Crippen LogP contribution in [0.3, 0.4) is 0 Å². The Bertz CT molecular complexity index is 910. The Morgan fingerprint density at radius 3 is 2.31 bits per heavy atom. The highest BCUT2D eigenvalue weighted by Gasteiger charge is 2.36. The van der Waals surface area contributed by atoms with E-state index < -0.39 is 34.3 Å². The van der Waals surface area contributed by atoms with Crippen molar-refractivity contribution in [1.82, 2.24) is 5.32 Å².